The van der Waals surface area contributed by atoms with E-state index < -0.39 is 0 Å². The van der Waals surface area contributed by atoms with E-state index in [1.165, 1.54) is 18.8 Å². The minimum Gasteiger partial charge on any atom is -0.493 e. The number of methoxy groups -OCH3 is 2. The monoisotopic (exact) mass is 386 g/mol. The van der Waals surface area contributed by atoms with Crippen LogP contribution in [-0.2, 0) is 11.3 Å². The Morgan fingerprint density at radius 2 is 1.89 bits per heavy atom. The normalized spacial score (nSPS) is 23.6. The molecule has 1 aromatic carbocycles. The molecule has 3 saturated heterocycles. The second-order valence-electron chi connectivity index (χ2n) is 7.59. The summed E-state index contributed by atoms with van der Waals surface area (Å²) in [6.45, 7) is 4.84. The summed E-state index contributed by atoms with van der Waals surface area (Å²) in [5.74, 6) is 1.86. The molecule has 8 nitrogen and oxygen atoms in total. The summed E-state index contributed by atoms with van der Waals surface area (Å²) in [5, 5.41) is 3.53. The van der Waals surface area contributed by atoms with Gasteiger partial charge in [-0.1, -0.05) is 0 Å². The van der Waals surface area contributed by atoms with E-state index in [1.54, 1.807) is 19.1 Å². The SMILES string of the molecule is COc1cc2nc(C)n(CC(=O)N[C@H]3CN4CCC3CC4)c(=O)c2cc1OC. The summed E-state index contributed by atoms with van der Waals surface area (Å²) in [5.41, 5.74) is 0.265. The minimum absolute atomic E-state index is 0.0365. The van der Waals surface area contributed by atoms with Gasteiger partial charge < -0.3 is 19.7 Å². The zero-order valence-electron chi connectivity index (χ0n) is 16.5. The summed E-state index contributed by atoms with van der Waals surface area (Å²) >= 11 is 0. The van der Waals surface area contributed by atoms with Crippen molar-refractivity contribution in [2.45, 2.75) is 32.4 Å². The molecule has 0 spiro atoms. The fraction of sp³-hybridized carbons (Fsp3) is 0.550. The van der Waals surface area contributed by atoms with E-state index in [9.17, 15) is 9.59 Å². The second kappa shape index (κ2) is 7.43. The average Bonchev–Trinajstić information content (AvgIpc) is 2.71. The predicted molar refractivity (Wildman–Crippen MR) is 105 cm³/mol. The Balaban J connectivity index is 1.59. The molecule has 2 bridgehead atoms. The summed E-state index contributed by atoms with van der Waals surface area (Å²) in [7, 11) is 3.06. The largest absolute Gasteiger partial charge is 0.493 e. The number of nitrogens with one attached hydrogen (secondary N) is 1. The van der Waals surface area contributed by atoms with Gasteiger partial charge in [-0.15, -0.1) is 0 Å². The van der Waals surface area contributed by atoms with Crippen LogP contribution in [-0.4, -0.2) is 60.3 Å². The quantitative estimate of drug-likeness (QED) is 0.823. The first kappa shape index (κ1) is 18.7. The molecule has 3 aliphatic heterocycles. The van der Waals surface area contributed by atoms with Gasteiger partial charge in [0.15, 0.2) is 11.5 Å². The number of rotatable bonds is 5. The van der Waals surface area contributed by atoms with Crippen molar-refractivity contribution in [2.75, 3.05) is 33.9 Å². The van der Waals surface area contributed by atoms with Crippen molar-refractivity contribution in [2.24, 2.45) is 5.92 Å². The fourth-order valence-electron chi connectivity index (χ4n) is 4.37. The van der Waals surface area contributed by atoms with Crippen LogP contribution < -0.4 is 20.3 Å². The van der Waals surface area contributed by atoms with Crippen LogP contribution in [0.25, 0.3) is 10.9 Å². The first-order chi connectivity index (χ1) is 13.5. The number of piperidine rings is 3. The van der Waals surface area contributed by atoms with Crippen molar-refractivity contribution in [1.29, 1.82) is 0 Å². The molecule has 1 amide bonds. The van der Waals surface area contributed by atoms with Gasteiger partial charge in [-0.3, -0.25) is 14.2 Å². The van der Waals surface area contributed by atoms with Crippen LogP contribution in [0.1, 0.15) is 18.7 Å². The summed E-state index contributed by atoms with van der Waals surface area (Å²) < 4.78 is 12.0. The van der Waals surface area contributed by atoms with Gasteiger partial charge in [-0.05, 0) is 44.8 Å². The molecule has 0 aliphatic carbocycles. The van der Waals surface area contributed by atoms with Gasteiger partial charge in [0, 0.05) is 18.7 Å². The van der Waals surface area contributed by atoms with Crippen molar-refractivity contribution < 1.29 is 14.3 Å². The van der Waals surface area contributed by atoms with Crippen LogP contribution in [0.5, 0.6) is 11.5 Å². The maximum atomic E-state index is 13.0. The third kappa shape index (κ3) is 3.32. The van der Waals surface area contributed by atoms with Crippen LogP contribution in [0.15, 0.2) is 16.9 Å². The van der Waals surface area contributed by atoms with Crippen molar-refractivity contribution in [3.8, 4) is 11.5 Å². The van der Waals surface area contributed by atoms with E-state index in [0.717, 1.165) is 32.5 Å². The molecule has 0 saturated carbocycles. The maximum Gasteiger partial charge on any atom is 0.262 e. The van der Waals surface area contributed by atoms with E-state index in [4.69, 9.17) is 9.47 Å². The molecular weight excluding hydrogens is 360 g/mol. The van der Waals surface area contributed by atoms with Crippen LogP contribution in [0.4, 0.5) is 0 Å². The molecule has 4 heterocycles. The zero-order valence-corrected chi connectivity index (χ0v) is 16.5. The number of aromatic nitrogens is 2. The molecule has 3 aliphatic rings. The first-order valence-corrected chi connectivity index (χ1v) is 9.65. The second-order valence-corrected chi connectivity index (χ2v) is 7.59. The number of benzene rings is 1. The Kier molecular flexibility index (Phi) is 4.97. The Labute approximate surface area is 163 Å². The molecule has 150 valence electrons. The highest BCUT2D eigenvalue weighted by molar-refractivity contribution is 5.82. The van der Waals surface area contributed by atoms with Gasteiger partial charge in [0.25, 0.3) is 5.56 Å². The van der Waals surface area contributed by atoms with Gasteiger partial charge in [0.2, 0.25) is 5.91 Å². The lowest BCUT2D eigenvalue weighted by Crippen LogP contribution is -2.57. The molecule has 3 fully saturated rings. The number of carbonyl (C=O) groups is 1. The van der Waals surface area contributed by atoms with Crippen molar-refractivity contribution in [1.82, 2.24) is 19.8 Å². The summed E-state index contributed by atoms with van der Waals surface area (Å²) in [4.78, 5) is 32.6. The summed E-state index contributed by atoms with van der Waals surface area (Å²) in [6, 6.07) is 3.47. The van der Waals surface area contributed by atoms with Crippen LogP contribution in [0, 0.1) is 12.8 Å². The fourth-order valence-corrected chi connectivity index (χ4v) is 4.37. The highest BCUT2D eigenvalue weighted by Crippen LogP contribution is 2.30. The topological polar surface area (TPSA) is 85.7 Å². The van der Waals surface area contributed by atoms with Gasteiger partial charge in [0.1, 0.15) is 12.4 Å². The number of amides is 1. The van der Waals surface area contributed by atoms with Crippen molar-refractivity contribution in [3.05, 3.63) is 28.3 Å². The smallest absolute Gasteiger partial charge is 0.262 e. The van der Waals surface area contributed by atoms with Crippen LogP contribution >= 0.6 is 0 Å². The Morgan fingerprint density at radius 1 is 1.21 bits per heavy atom. The first-order valence-electron chi connectivity index (χ1n) is 9.65. The Hall–Kier alpha value is -2.61. The molecule has 1 atom stereocenters. The molecule has 1 N–H and O–H groups in total. The molecule has 0 unspecified atom stereocenters. The average molecular weight is 386 g/mol. The zero-order chi connectivity index (χ0) is 19.8. The van der Waals surface area contributed by atoms with Crippen molar-refractivity contribution >= 4 is 16.8 Å². The minimum atomic E-state index is -0.257. The molecule has 0 radical (unpaired) electrons. The van der Waals surface area contributed by atoms with Crippen molar-refractivity contribution in [3.63, 3.8) is 0 Å². The predicted octanol–water partition coefficient (Wildman–Crippen LogP) is 0.933. The van der Waals surface area contributed by atoms with Crippen LogP contribution in [0.2, 0.25) is 0 Å². The number of aryl methyl sites for hydroxylation is 1. The number of ether oxygens (including phenoxy) is 2. The Bertz CT molecular complexity index is 963. The molecule has 28 heavy (non-hydrogen) atoms. The van der Waals surface area contributed by atoms with Gasteiger partial charge in [-0.2, -0.15) is 0 Å². The molecule has 5 rings (SSSR count). The molecule has 1 aromatic heterocycles. The number of carbonyl (C=O) groups excluding carboxylic acids is 1. The van der Waals surface area contributed by atoms with Gasteiger partial charge in [-0.25, -0.2) is 4.98 Å². The highest BCUT2D eigenvalue weighted by atomic mass is 16.5. The lowest BCUT2D eigenvalue weighted by Gasteiger charge is -2.44. The maximum absolute atomic E-state index is 13.0. The third-order valence-electron chi connectivity index (χ3n) is 5.95. The van der Waals surface area contributed by atoms with E-state index in [0.29, 0.717) is 34.1 Å². The Morgan fingerprint density at radius 3 is 2.50 bits per heavy atom. The lowest BCUT2D eigenvalue weighted by molar-refractivity contribution is -0.123. The number of fused-ring (bicyclic) bond motifs is 4. The standard InChI is InChI=1S/C20H26N4O4/c1-12-21-15-9-18(28-3)17(27-2)8-14(15)20(26)24(12)11-19(25)22-16-10-23-6-4-13(16)5-7-23/h8-9,13,16H,4-7,10-11H2,1-3H3,(H,22,25)/t16-/m0/s1. The molecular formula is C20H26N4O4. The third-order valence-corrected chi connectivity index (χ3v) is 5.95. The lowest BCUT2D eigenvalue weighted by atomic mass is 9.84. The molecule has 2 aromatic rings. The van der Waals surface area contributed by atoms with E-state index >= 15 is 0 Å². The molecule has 8 heteroatoms. The number of hydrogen-bond acceptors (Lipinski definition) is 6. The van der Waals surface area contributed by atoms with E-state index in [2.05, 4.69) is 15.2 Å². The van der Waals surface area contributed by atoms with Gasteiger partial charge in [0.05, 0.1) is 25.1 Å². The van der Waals surface area contributed by atoms with Gasteiger partial charge >= 0.3 is 0 Å². The number of hydrogen-bond donors (Lipinski definition) is 1. The van der Waals surface area contributed by atoms with E-state index in [1.807, 2.05) is 0 Å². The van der Waals surface area contributed by atoms with Crippen LogP contribution in [0.3, 0.4) is 0 Å². The van der Waals surface area contributed by atoms with E-state index in [-0.39, 0.29) is 24.1 Å². The summed E-state index contributed by atoms with van der Waals surface area (Å²) in [6.07, 6.45) is 2.26. The highest BCUT2D eigenvalue weighted by Gasteiger charge is 2.34. The number of nitrogens with zero attached hydrogens (tertiary/aromatic N) is 3.